The Morgan fingerprint density at radius 3 is 2.62 bits per heavy atom. The van der Waals surface area contributed by atoms with Crippen molar-refractivity contribution in [3.63, 3.8) is 0 Å². The molecular weight excluding hydrogens is 368 g/mol. The Kier molecular flexibility index (Phi) is 5.59. The second-order valence-corrected chi connectivity index (χ2v) is 7.61. The molecule has 152 valence electrons. The van der Waals surface area contributed by atoms with Gasteiger partial charge in [0.05, 0.1) is 11.7 Å². The van der Waals surface area contributed by atoms with Crippen LogP contribution in [0, 0.1) is 0 Å². The Bertz CT molecular complexity index is 995. The van der Waals surface area contributed by atoms with E-state index in [9.17, 15) is 9.59 Å². The van der Waals surface area contributed by atoms with E-state index < -0.39 is 0 Å². The first-order valence-corrected chi connectivity index (χ1v) is 10.2. The standard InChI is InChI=1S/C21H26N6O2/c1-2-3-17-12-20(28)27(25-17)19-8-4-15(5-9-19)21(29)24-16-6-10-18(11-7-16)26-14-22-13-23-26/h4-5,8-9,12-14,16,18,25H,2-3,6-7,10-11H2,1H3,(H,24,29). The van der Waals surface area contributed by atoms with Crippen LogP contribution in [-0.4, -0.2) is 36.5 Å². The lowest BCUT2D eigenvalue weighted by Crippen LogP contribution is -2.38. The van der Waals surface area contributed by atoms with Crippen molar-refractivity contribution < 1.29 is 4.79 Å². The number of aryl methyl sites for hydroxylation is 1. The second-order valence-electron chi connectivity index (χ2n) is 7.61. The van der Waals surface area contributed by atoms with Crippen molar-refractivity contribution in [3.8, 4) is 5.69 Å². The summed E-state index contributed by atoms with van der Waals surface area (Å²) in [6, 6.07) is 9.27. The van der Waals surface area contributed by atoms with Crippen LogP contribution in [0.1, 0.15) is 61.1 Å². The first-order valence-electron chi connectivity index (χ1n) is 10.2. The summed E-state index contributed by atoms with van der Waals surface area (Å²) in [5.74, 6) is -0.0775. The van der Waals surface area contributed by atoms with Gasteiger partial charge in [0.15, 0.2) is 0 Å². The molecule has 2 aromatic heterocycles. The Balaban J connectivity index is 1.36. The summed E-state index contributed by atoms with van der Waals surface area (Å²) >= 11 is 0. The molecule has 0 saturated heterocycles. The molecule has 0 unspecified atom stereocenters. The molecule has 8 heteroatoms. The molecule has 2 N–H and O–H groups in total. The molecule has 0 atom stereocenters. The molecule has 1 aromatic carbocycles. The van der Waals surface area contributed by atoms with E-state index in [1.54, 1.807) is 43.0 Å². The number of carbonyl (C=O) groups is 1. The highest BCUT2D eigenvalue weighted by Gasteiger charge is 2.24. The highest BCUT2D eigenvalue weighted by atomic mass is 16.1. The number of benzene rings is 1. The number of aromatic nitrogens is 5. The molecule has 2 heterocycles. The summed E-state index contributed by atoms with van der Waals surface area (Å²) < 4.78 is 3.42. The maximum absolute atomic E-state index is 12.6. The van der Waals surface area contributed by atoms with Crippen LogP contribution < -0.4 is 10.9 Å². The summed E-state index contributed by atoms with van der Waals surface area (Å²) in [4.78, 5) is 28.8. The van der Waals surface area contributed by atoms with Crippen molar-refractivity contribution >= 4 is 5.91 Å². The number of amides is 1. The number of nitrogens with zero attached hydrogens (tertiary/aromatic N) is 4. The normalized spacial score (nSPS) is 19.2. The smallest absolute Gasteiger partial charge is 0.271 e. The van der Waals surface area contributed by atoms with Crippen LogP contribution in [0.15, 0.2) is 47.8 Å². The van der Waals surface area contributed by atoms with Crippen molar-refractivity contribution in [1.82, 2.24) is 29.9 Å². The topological polar surface area (TPSA) is 97.6 Å². The van der Waals surface area contributed by atoms with Crippen LogP contribution >= 0.6 is 0 Å². The highest BCUT2D eigenvalue weighted by Crippen LogP contribution is 2.27. The molecule has 0 bridgehead atoms. The van der Waals surface area contributed by atoms with E-state index in [0.717, 1.165) is 49.9 Å². The number of rotatable bonds is 6. The molecule has 0 aliphatic heterocycles. The quantitative estimate of drug-likeness (QED) is 0.671. The van der Waals surface area contributed by atoms with Crippen molar-refractivity contribution in [2.75, 3.05) is 0 Å². The average molecular weight is 394 g/mol. The fraction of sp³-hybridized carbons (Fsp3) is 0.429. The molecule has 4 rings (SSSR count). The molecule has 1 aliphatic carbocycles. The number of hydrogen-bond acceptors (Lipinski definition) is 4. The van der Waals surface area contributed by atoms with Gasteiger partial charge in [-0.05, 0) is 56.4 Å². The summed E-state index contributed by atoms with van der Waals surface area (Å²) in [5, 5.41) is 10.5. The van der Waals surface area contributed by atoms with Gasteiger partial charge in [0.1, 0.15) is 12.7 Å². The van der Waals surface area contributed by atoms with Gasteiger partial charge in [-0.25, -0.2) is 14.3 Å². The van der Waals surface area contributed by atoms with Crippen LogP contribution in [0.4, 0.5) is 0 Å². The summed E-state index contributed by atoms with van der Waals surface area (Å²) in [6.45, 7) is 2.07. The fourth-order valence-corrected chi connectivity index (χ4v) is 3.96. The van der Waals surface area contributed by atoms with Crippen LogP contribution in [0.2, 0.25) is 0 Å². The Morgan fingerprint density at radius 1 is 1.21 bits per heavy atom. The zero-order chi connectivity index (χ0) is 20.2. The van der Waals surface area contributed by atoms with Gasteiger partial charge in [-0.2, -0.15) is 5.10 Å². The molecule has 0 spiro atoms. The Hall–Kier alpha value is -3.16. The van der Waals surface area contributed by atoms with Crippen molar-refractivity contribution in [1.29, 1.82) is 0 Å². The molecule has 1 fully saturated rings. The molecule has 3 aromatic rings. The SMILES string of the molecule is CCCc1cc(=O)n(-c2ccc(C(=O)NC3CCC(n4cncn4)CC3)cc2)[nH]1. The third-order valence-corrected chi connectivity index (χ3v) is 5.52. The van der Waals surface area contributed by atoms with Crippen molar-refractivity contribution in [3.05, 3.63) is 64.6 Å². The van der Waals surface area contributed by atoms with E-state index >= 15 is 0 Å². The van der Waals surface area contributed by atoms with Gasteiger partial charge in [-0.15, -0.1) is 0 Å². The average Bonchev–Trinajstić information content (AvgIpc) is 3.39. The lowest BCUT2D eigenvalue weighted by molar-refractivity contribution is 0.0921. The lowest BCUT2D eigenvalue weighted by Gasteiger charge is -2.29. The minimum atomic E-state index is -0.0882. The van der Waals surface area contributed by atoms with Crippen LogP contribution in [-0.2, 0) is 6.42 Å². The highest BCUT2D eigenvalue weighted by molar-refractivity contribution is 5.94. The summed E-state index contributed by atoms with van der Waals surface area (Å²) in [6.07, 6.45) is 8.92. The predicted octanol–water partition coefficient (Wildman–Crippen LogP) is 2.62. The van der Waals surface area contributed by atoms with Crippen LogP contribution in [0.5, 0.6) is 0 Å². The Morgan fingerprint density at radius 2 is 1.97 bits per heavy atom. The molecule has 1 amide bonds. The third kappa shape index (κ3) is 4.31. The lowest BCUT2D eigenvalue weighted by atomic mass is 9.91. The first kappa shape index (κ1) is 19.2. The predicted molar refractivity (Wildman–Crippen MR) is 109 cm³/mol. The molecule has 29 heavy (non-hydrogen) atoms. The number of H-pyrrole nitrogens is 1. The number of carbonyl (C=O) groups excluding carboxylic acids is 1. The van der Waals surface area contributed by atoms with E-state index in [4.69, 9.17) is 0 Å². The largest absolute Gasteiger partial charge is 0.349 e. The summed E-state index contributed by atoms with van der Waals surface area (Å²) in [5.41, 5.74) is 2.15. The van der Waals surface area contributed by atoms with Gasteiger partial charge in [0, 0.05) is 23.4 Å². The monoisotopic (exact) mass is 394 g/mol. The van der Waals surface area contributed by atoms with Crippen LogP contribution in [0.3, 0.4) is 0 Å². The first-order chi connectivity index (χ1) is 14.1. The van der Waals surface area contributed by atoms with Crippen molar-refractivity contribution in [2.45, 2.75) is 57.5 Å². The summed E-state index contributed by atoms with van der Waals surface area (Å²) in [7, 11) is 0. The van der Waals surface area contributed by atoms with Gasteiger partial charge in [-0.3, -0.25) is 14.7 Å². The zero-order valence-electron chi connectivity index (χ0n) is 16.5. The van der Waals surface area contributed by atoms with Gasteiger partial charge < -0.3 is 5.32 Å². The van der Waals surface area contributed by atoms with Crippen molar-refractivity contribution in [2.24, 2.45) is 0 Å². The fourth-order valence-electron chi connectivity index (χ4n) is 3.96. The number of hydrogen-bond donors (Lipinski definition) is 2. The molecule has 0 radical (unpaired) electrons. The second kappa shape index (κ2) is 8.46. The maximum Gasteiger partial charge on any atom is 0.271 e. The van der Waals surface area contributed by atoms with Crippen LogP contribution in [0.25, 0.3) is 5.69 Å². The zero-order valence-corrected chi connectivity index (χ0v) is 16.5. The minimum Gasteiger partial charge on any atom is -0.349 e. The number of nitrogens with one attached hydrogen (secondary N) is 2. The van der Waals surface area contributed by atoms with Gasteiger partial charge in [0.2, 0.25) is 0 Å². The molecule has 1 saturated carbocycles. The molecule has 1 aliphatic rings. The van der Waals surface area contributed by atoms with Gasteiger partial charge in [-0.1, -0.05) is 13.3 Å². The van der Waals surface area contributed by atoms with Gasteiger partial charge in [0.25, 0.3) is 11.5 Å². The van der Waals surface area contributed by atoms with Gasteiger partial charge >= 0.3 is 0 Å². The van der Waals surface area contributed by atoms with E-state index in [1.807, 2.05) is 4.68 Å². The van der Waals surface area contributed by atoms with E-state index in [2.05, 4.69) is 27.4 Å². The maximum atomic E-state index is 12.6. The Labute approximate surface area is 168 Å². The number of aromatic amines is 1. The molecular formula is C21H26N6O2. The van der Waals surface area contributed by atoms with E-state index in [1.165, 1.54) is 4.68 Å². The third-order valence-electron chi connectivity index (χ3n) is 5.52. The van der Waals surface area contributed by atoms with E-state index in [0.29, 0.717) is 11.6 Å². The molecule has 8 nitrogen and oxygen atoms in total. The van der Waals surface area contributed by atoms with E-state index in [-0.39, 0.29) is 17.5 Å². The minimum absolute atomic E-state index is 0.0775.